The first-order valence-electron chi connectivity index (χ1n) is 9.24. The van der Waals surface area contributed by atoms with E-state index in [-0.39, 0.29) is 17.9 Å². The Hall–Kier alpha value is -2.70. The standard InChI is InChI=1S/C19H20N4O3/c24-16-8-7-15(20-16)18(25)21-14-6-4-11-9-12(3-5-13(11)14)17-22-19(26-23-17)10-1-2-10/h3,5,9-10,14-15H,1-2,4,6-8H2,(H,20,24)(H,21,25)/t14-,15?/m1/s1. The molecule has 2 atom stereocenters. The van der Waals surface area contributed by atoms with E-state index in [0.717, 1.165) is 42.7 Å². The molecule has 0 bridgehead atoms. The maximum atomic E-state index is 12.4. The number of nitrogens with one attached hydrogen (secondary N) is 2. The van der Waals surface area contributed by atoms with E-state index in [9.17, 15) is 9.59 Å². The fourth-order valence-electron chi connectivity index (χ4n) is 3.84. The summed E-state index contributed by atoms with van der Waals surface area (Å²) in [5.41, 5.74) is 3.30. The third-order valence-corrected chi connectivity index (χ3v) is 5.48. The van der Waals surface area contributed by atoms with Crippen LogP contribution >= 0.6 is 0 Å². The molecule has 2 aromatic rings. The normalized spacial score (nSPS) is 24.4. The van der Waals surface area contributed by atoms with Crippen molar-refractivity contribution in [2.45, 2.75) is 56.5 Å². The Morgan fingerprint density at radius 3 is 2.85 bits per heavy atom. The van der Waals surface area contributed by atoms with Crippen molar-refractivity contribution in [2.24, 2.45) is 0 Å². The van der Waals surface area contributed by atoms with E-state index in [2.05, 4.69) is 26.8 Å². The molecule has 2 fully saturated rings. The largest absolute Gasteiger partial charge is 0.347 e. The van der Waals surface area contributed by atoms with Crippen molar-refractivity contribution < 1.29 is 14.1 Å². The van der Waals surface area contributed by atoms with Gasteiger partial charge in [-0.2, -0.15) is 4.98 Å². The Morgan fingerprint density at radius 2 is 2.08 bits per heavy atom. The molecule has 5 rings (SSSR count). The molecule has 7 nitrogen and oxygen atoms in total. The number of aryl methyl sites for hydroxylation is 1. The van der Waals surface area contributed by atoms with Crippen LogP contribution in [-0.2, 0) is 16.0 Å². The van der Waals surface area contributed by atoms with Crippen molar-refractivity contribution in [2.75, 3.05) is 0 Å². The van der Waals surface area contributed by atoms with Gasteiger partial charge in [0.2, 0.25) is 23.5 Å². The Kier molecular flexibility index (Phi) is 3.55. The fourth-order valence-corrected chi connectivity index (χ4v) is 3.84. The molecule has 0 spiro atoms. The maximum absolute atomic E-state index is 12.4. The van der Waals surface area contributed by atoms with E-state index in [1.165, 1.54) is 5.56 Å². The van der Waals surface area contributed by atoms with Crippen molar-refractivity contribution in [1.29, 1.82) is 0 Å². The van der Waals surface area contributed by atoms with Crippen molar-refractivity contribution in [3.63, 3.8) is 0 Å². The summed E-state index contributed by atoms with van der Waals surface area (Å²) in [6.07, 6.45) is 5.03. The Labute approximate surface area is 150 Å². The monoisotopic (exact) mass is 352 g/mol. The summed E-state index contributed by atoms with van der Waals surface area (Å²) < 4.78 is 5.35. The van der Waals surface area contributed by atoms with Gasteiger partial charge in [-0.1, -0.05) is 17.3 Å². The van der Waals surface area contributed by atoms with Crippen LogP contribution in [0.4, 0.5) is 0 Å². The zero-order valence-electron chi connectivity index (χ0n) is 14.3. The van der Waals surface area contributed by atoms with Gasteiger partial charge in [-0.05, 0) is 49.3 Å². The van der Waals surface area contributed by atoms with Crippen molar-refractivity contribution >= 4 is 11.8 Å². The van der Waals surface area contributed by atoms with Gasteiger partial charge in [-0.15, -0.1) is 0 Å². The second kappa shape index (κ2) is 5.93. The number of rotatable bonds is 4. The van der Waals surface area contributed by atoms with Gasteiger partial charge in [0, 0.05) is 17.9 Å². The molecule has 2 amide bonds. The van der Waals surface area contributed by atoms with Gasteiger partial charge in [0.25, 0.3) is 0 Å². The summed E-state index contributed by atoms with van der Waals surface area (Å²) in [6, 6.07) is 5.73. The average molecular weight is 352 g/mol. The van der Waals surface area contributed by atoms with Crippen LogP contribution in [0.2, 0.25) is 0 Å². The highest BCUT2D eigenvalue weighted by atomic mass is 16.5. The molecule has 1 aromatic carbocycles. The Balaban J connectivity index is 1.31. The van der Waals surface area contributed by atoms with Crippen LogP contribution in [0, 0.1) is 0 Å². The predicted octanol–water partition coefficient (Wildman–Crippen LogP) is 2.00. The van der Waals surface area contributed by atoms with Crippen molar-refractivity contribution in [3.8, 4) is 11.4 Å². The van der Waals surface area contributed by atoms with Gasteiger partial charge < -0.3 is 15.2 Å². The number of hydrogen-bond donors (Lipinski definition) is 2. The van der Waals surface area contributed by atoms with Gasteiger partial charge in [-0.3, -0.25) is 9.59 Å². The summed E-state index contributed by atoms with van der Waals surface area (Å²) in [6.45, 7) is 0. The molecule has 7 heteroatoms. The van der Waals surface area contributed by atoms with E-state index >= 15 is 0 Å². The van der Waals surface area contributed by atoms with Gasteiger partial charge in [0.15, 0.2) is 0 Å². The number of nitrogens with zero attached hydrogens (tertiary/aromatic N) is 2. The number of carbonyl (C=O) groups excluding carboxylic acids is 2. The van der Waals surface area contributed by atoms with E-state index in [0.29, 0.717) is 24.6 Å². The predicted molar refractivity (Wildman–Crippen MR) is 92.1 cm³/mol. The second-order valence-electron chi connectivity index (χ2n) is 7.40. The first-order chi connectivity index (χ1) is 12.7. The fraction of sp³-hybridized carbons (Fsp3) is 0.474. The lowest BCUT2D eigenvalue weighted by Gasteiger charge is -2.17. The molecule has 1 saturated heterocycles. The van der Waals surface area contributed by atoms with Crippen LogP contribution in [0.3, 0.4) is 0 Å². The number of benzene rings is 1. The van der Waals surface area contributed by atoms with Crippen molar-refractivity contribution in [1.82, 2.24) is 20.8 Å². The second-order valence-corrected chi connectivity index (χ2v) is 7.40. The van der Waals surface area contributed by atoms with Crippen LogP contribution in [0.25, 0.3) is 11.4 Å². The highest BCUT2D eigenvalue weighted by molar-refractivity contribution is 5.91. The molecular formula is C19H20N4O3. The van der Waals surface area contributed by atoms with Gasteiger partial charge in [-0.25, -0.2) is 0 Å². The van der Waals surface area contributed by atoms with Crippen LogP contribution in [0.1, 0.15) is 61.1 Å². The van der Waals surface area contributed by atoms with E-state index < -0.39 is 6.04 Å². The molecule has 2 heterocycles. The van der Waals surface area contributed by atoms with Crippen LogP contribution < -0.4 is 10.6 Å². The van der Waals surface area contributed by atoms with E-state index in [1.54, 1.807) is 0 Å². The maximum Gasteiger partial charge on any atom is 0.243 e. The van der Waals surface area contributed by atoms with E-state index in [1.807, 2.05) is 12.1 Å². The molecule has 2 aliphatic carbocycles. The minimum atomic E-state index is -0.397. The topological polar surface area (TPSA) is 97.1 Å². The molecular weight excluding hydrogens is 332 g/mol. The summed E-state index contributed by atoms with van der Waals surface area (Å²) in [5, 5.41) is 9.91. The molecule has 26 heavy (non-hydrogen) atoms. The van der Waals surface area contributed by atoms with Crippen LogP contribution in [-0.4, -0.2) is 28.0 Å². The molecule has 1 unspecified atom stereocenters. The lowest BCUT2D eigenvalue weighted by atomic mass is 10.0. The quantitative estimate of drug-likeness (QED) is 0.877. The highest BCUT2D eigenvalue weighted by Gasteiger charge is 2.32. The summed E-state index contributed by atoms with van der Waals surface area (Å²) >= 11 is 0. The van der Waals surface area contributed by atoms with Crippen LogP contribution in [0.5, 0.6) is 0 Å². The molecule has 134 valence electrons. The number of fused-ring (bicyclic) bond motifs is 1. The summed E-state index contributed by atoms with van der Waals surface area (Å²) in [7, 11) is 0. The number of aromatic nitrogens is 2. The Morgan fingerprint density at radius 1 is 1.19 bits per heavy atom. The average Bonchev–Trinajstić information content (AvgIpc) is 3.06. The molecule has 1 aliphatic heterocycles. The summed E-state index contributed by atoms with van der Waals surface area (Å²) in [5.74, 6) is 1.68. The zero-order valence-corrected chi connectivity index (χ0v) is 14.3. The molecule has 2 N–H and O–H groups in total. The first kappa shape index (κ1) is 15.5. The SMILES string of the molecule is O=C1CCC(C(=O)N[C@@H]2CCc3cc(-c4noc(C5CC5)n4)ccc32)N1. The van der Waals surface area contributed by atoms with Gasteiger partial charge in [0.1, 0.15) is 6.04 Å². The number of hydrogen-bond acceptors (Lipinski definition) is 5. The molecule has 0 radical (unpaired) electrons. The zero-order chi connectivity index (χ0) is 17.7. The minimum absolute atomic E-state index is 0.00338. The van der Waals surface area contributed by atoms with Crippen LogP contribution in [0.15, 0.2) is 22.7 Å². The smallest absolute Gasteiger partial charge is 0.243 e. The molecule has 3 aliphatic rings. The lowest BCUT2D eigenvalue weighted by Crippen LogP contribution is -2.42. The van der Waals surface area contributed by atoms with Gasteiger partial charge >= 0.3 is 0 Å². The minimum Gasteiger partial charge on any atom is -0.347 e. The van der Waals surface area contributed by atoms with Gasteiger partial charge in [0.05, 0.1) is 6.04 Å². The lowest BCUT2D eigenvalue weighted by molar-refractivity contribution is -0.126. The summed E-state index contributed by atoms with van der Waals surface area (Å²) in [4.78, 5) is 28.2. The molecule has 1 saturated carbocycles. The number of amides is 2. The highest BCUT2D eigenvalue weighted by Crippen LogP contribution is 2.40. The third kappa shape index (κ3) is 2.77. The third-order valence-electron chi connectivity index (χ3n) is 5.48. The number of carbonyl (C=O) groups is 2. The van der Waals surface area contributed by atoms with E-state index in [4.69, 9.17) is 4.52 Å². The molecule has 1 aromatic heterocycles. The van der Waals surface area contributed by atoms with Crippen molar-refractivity contribution in [3.05, 3.63) is 35.2 Å². The first-order valence-corrected chi connectivity index (χ1v) is 9.24. The Bertz CT molecular complexity index is 887.